The van der Waals surface area contributed by atoms with Crippen LogP contribution in [-0.2, 0) is 4.84 Å². The fourth-order valence-corrected chi connectivity index (χ4v) is 1.04. The van der Waals surface area contributed by atoms with E-state index in [9.17, 15) is 0 Å². The Hall–Kier alpha value is -0.570. The molecule has 0 radical (unpaired) electrons. The second-order valence-corrected chi connectivity index (χ2v) is 2.21. The van der Waals surface area contributed by atoms with Gasteiger partial charge >= 0.3 is 0 Å². The first kappa shape index (κ1) is 6.55. The Bertz CT molecular complexity index is 89.1. The van der Waals surface area contributed by atoms with Gasteiger partial charge in [-0.3, -0.25) is 5.41 Å². The van der Waals surface area contributed by atoms with Crippen molar-refractivity contribution in [2.75, 3.05) is 13.1 Å². The van der Waals surface area contributed by atoms with Gasteiger partial charge < -0.3 is 4.84 Å². The molecule has 9 heavy (non-hydrogen) atoms. The lowest BCUT2D eigenvalue weighted by Gasteiger charge is -2.23. The molecule has 1 saturated heterocycles. The molecular weight excluding hydrogens is 116 g/mol. The van der Waals surface area contributed by atoms with Crippen molar-refractivity contribution >= 4 is 6.40 Å². The van der Waals surface area contributed by atoms with Crippen molar-refractivity contribution in [3.63, 3.8) is 0 Å². The second-order valence-electron chi connectivity index (χ2n) is 2.21. The number of rotatable bonds is 2. The molecule has 1 rings (SSSR count). The summed E-state index contributed by atoms with van der Waals surface area (Å²) in [6.45, 7) is 1.96. The highest BCUT2D eigenvalue weighted by atomic mass is 16.7. The smallest absolute Gasteiger partial charge is 0.193 e. The van der Waals surface area contributed by atoms with Crippen molar-refractivity contribution in [2.24, 2.45) is 0 Å². The number of hydrogen-bond donors (Lipinski definition) is 1. The highest BCUT2D eigenvalue weighted by Gasteiger charge is 2.08. The van der Waals surface area contributed by atoms with Crippen LogP contribution in [0.1, 0.15) is 19.3 Å². The molecule has 1 aliphatic heterocycles. The highest BCUT2D eigenvalue weighted by molar-refractivity contribution is 5.40. The molecule has 1 heterocycles. The molecule has 0 aromatic carbocycles. The third-order valence-corrected chi connectivity index (χ3v) is 1.52. The van der Waals surface area contributed by atoms with E-state index in [1.807, 2.05) is 5.06 Å². The van der Waals surface area contributed by atoms with Crippen LogP contribution in [0.15, 0.2) is 0 Å². The Morgan fingerprint density at radius 1 is 1.22 bits per heavy atom. The van der Waals surface area contributed by atoms with Gasteiger partial charge in [-0.05, 0) is 12.8 Å². The molecule has 1 fully saturated rings. The summed E-state index contributed by atoms with van der Waals surface area (Å²) in [5, 5.41) is 8.48. The SMILES string of the molecule is N=CON1CCCCC1. The molecule has 0 spiro atoms. The van der Waals surface area contributed by atoms with Crippen molar-refractivity contribution < 1.29 is 4.84 Å². The van der Waals surface area contributed by atoms with E-state index in [1.54, 1.807) is 0 Å². The minimum absolute atomic E-state index is 0.982. The molecule has 0 aliphatic carbocycles. The Labute approximate surface area is 55.1 Å². The summed E-state index contributed by atoms with van der Waals surface area (Å²) in [5.74, 6) is 0. The van der Waals surface area contributed by atoms with Crippen molar-refractivity contribution in [3.8, 4) is 0 Å². The van der Waals surface area contributed by atoms with E-state index < -0.39 is 0 Å². The van der Waals surface area contributed by atoms with E-state index in [-0.39, 0.29) is 0 Å². The average molecular weight is 128 g/mol. The predicted molar refractivity (Wildman–Crippen MR) is 35.3 cm³/mol. The summed E-state index contributed by atoms with van der Waals surface area (Å²) in [7, 11) is 0. The summed E-state index contributed by atoms with van der Waals surface area (Å²) in [4.78, 5) is 4.86. The van der Waals surface area contributed by atoms with Crippen molar-refractivity contribution in [2.45, 2.75) is 19.3 Å². The maximum Gasteiger partial charge on any atom is 0.193 e. The molecule has 52 valence electrons. The summed E-state index contributed by atoms with van der Waals surface area (Å²) in [5.41, 5.74) is 0. The van der Waals surface area contributed by atoms with Gasteiger partial charge in [0.1, 0.15) is 0 Å². The largest absolute Gasteiger partial charge is 0.394 e. The van der Waals surface area contributed by atoms with Gasteiger partial charge in [-0.2, -0.15) is 0 Å². The summed E-state index contributed by atoms with van der Waals surface area (Å²) < 4.78 is 0. The van der Waals surface area contributed by atoms with Gasteiger partial charge in [0, 0.05) is 13.1 Å². The molecule has 3 nitrogen and oxygen atoms in total. The molecule has 0 aromatic rings. The lowest BCUT2D eigenvalue weighted by molar-refractivity contribution is -0.0801. The van der Waals surface area contributed by atoms with Gasteiger partial charge in [-0.15, -0.1) is 5.06 Å². The van der Waals surface area contributed by atoms with Gasteiger partial charge in [-0.25, -0.2) is 0 Å². The first-order valence-corrected chi connectivity index (χ1v) is 3.34. The normalized spacial score (nSPS) is 21.3. The Kier molecular flexibility index (Phi) is 2.51. The van der Waals surface area contributed by atoms with Crippen LogP contribution in [0.3, 0.4) is 0 Å². The van der Waals surface area contributed by atoms with Crippen molar-refractivity contribution in [1.82, 2.24) is 5.06 Å². The number of nitrogens with one attached hydrogen (secondary N) is 1. The third kappa shape index (κ3) is 2.01. The number of piperidine rings is 1. The monoisotopic (exact) mass is 128 g/mol. The van der Waals surface area contributed by atoms with Gasteiger partial charge in [0.05, 0.1) is 0 Å². The summed E-state index contributed by atoms with van der Waals surface area (Å²) >= 11 is 0. The number of hydroxylamine groups is 2. The molecule has 0 amide bonds. The molecule has 0 atom stereocenters. The number of hydrogen-bond acceptors (Lipinski definition) is 3. The molecule has 0 unspecified atom stereocenters. The van der Waals surface area contributed by atoms with E-state index >= 15 is 0 Å². The van der Waals surface area contributed by atoms with Crippen molar-refractivity contribution in [1.29, 1.82) is 5.41 Å². The zero-order chi connectivity index (χ0) is 6.53. The van der Waals surface area contributed by atoms with Gasteiger partial charge in [0.2, 0.25) is 0 Å². The van der Waals surface area contributed by atoms with Crippen LogP contribution in [-0.4, -0.2) is 24.6 Å². The van der Waals surface area contributed by atoms with E-state index in [1.165, 1.54) is 19.3 Å². The molecular formula is C6H12N2O. The van der Waals surface area contributed by atoms with Crippen LogP contribution < -0.4 is 0 Å². The van der Waals surface area contributed by atoms with E-state index in [4.69, 9.17) is 10.2 Å². The van der Waals surface area contributed by atoms with Crippen LogP contribution >= 0.6 is 0 Å². The molecule has 0 aromatic heterocycles. The van der Waals surface area contributed by atoms with Crippen LogP contribution in [0.2, 0.25) is 0 Å². The highest BCUT2D eigenvalue weighted by Crippen LogP contribution is 2.07. The van der Waals surface area contributed by atoms with Gasteiger partial charge in [-0.1, -0.05) is 6.42 Å². The quantitative estimate of drug-likeness (QED) is 0.445. The fraction of sp³-hybridized carbons (Fsp3) is 0.833. The molecule has 1 N–H and O–H groups in total. The van der Waals surface area contributed by atoms with Crippen LogP contribution in [0.5, 0.6) is 0 Å². The first-order chi connectivity index (χ1) is 4.43. The lowest BCUT2D eigenvalue weighted by Crippen LogP contribution is -2.29. The number of nitrogens with zero attached hydrogens (tertiary/aromatic N) is 1. The standard InChI is InChI=1S/C6H12N2O/c7-6-9-8-4-2-1-3-5-8/h6-7H,1-5H2. The Morgan fingerprint density at radius 3 is 2.44 bits per heavy atom. The minimum atomic E-state index is 0.982. The minimum Gasteiger partial charge on any atom is -0.394 e. The molecule has 0 saturated carbocycles. The zero-order valence-corrected chi connectivity index (χ0v) is 5.47. The third-order valence-electron chi connectivity index (χ3n) is 1.52. The van der Waals surface area contributed by atoms with Crippen LogP contribution in [0, 0.1) is 5.41 Å². The predicted octanol–water partition coefficient (Wildman–Crippen LogP) is 1.01. The maximum atomic E-state index is 6.65. The molecule has 1 aliphatic rings. The van der Waals surface area contributed by atoms with Gasteiger partial charge in [0.25, 0.3) is 0 Å². The first-order valence-electron chi connectivity index (χ1n) is 3.34. The van der Waals surface area contributed by atoms with Gasteiger partial charge in [0.15, 0.2) is 6.40 Å². The summed E-state index contributed by atoms with van der Waals surface area (Å²) in [6, 6.07) is 0. The van der Waals surface area contributed by atoms with E-state index in [2.05, 4.69) is 0 Å². The van der Waals surface area contributed by atoms with Crippen molar-refractivity contribution in [3.05, 3.63) is 0 Å². The summed E-state index contributed by atoms with van der Waals surface area (Å²) in [6.07, 6.45) is 4.70. The van der Waals surface area contributed by atoms with E-state index in [0.717, 1.165) is 19.5 Å². The average Bonchev–Trinajstić information content (AvgIpc) is 1.91. The Morgan fingerprint density at radius 2 is 1.89 bits per heavy atom. The topological polar surface area (TPSA) is 36.3 Å². The Balaban J connectivity index is 2.15. The van der Waals surface area contributed by atoms with Crippen LogP contribution in [0.25, 0.3) is 0 Å². The zero-order valence-electron chi connectivity index (χ0n) is 5.47. The van der Waals surface area contributed by atoms with E-state index in [0.29, 0.717) is 0 Å². The fourth-order valence-electron chi connectivity index (χ4n) is 1.04. The second kappa shape index (κ2) is 3.45. The maximum absolute atomic E-state index is 6.65. The van der Waals surface area contributed by atoms with Crippen LogP contribution in [0.4, 0.5) is 0 Å². The lowest BCUT2D eigenvalue weighted by atomic mass is 10.2. The molecule has 3 heteroatoms. The molecule has 0 bridgehead atoms.